The van der Waals surface area contributed by atoms with Crippen molar-refractivity contribution < 1.29 is 4.79 Å². The molecule has 1 aliphatic rings. The molecule has 1 fully saturated rings. The summed E-state index contributed by atoms with van der Waals surface area (Å²) in [5, 5.41) is 3.59. The van der Waals surface area contributed by atoms with Gasteiger partial charge in [-0.3, -0.25) is 19.1 Å². The van der Waals surface area contributed by atoms with Crippen LogP contribution in [0.2, 0.25) is 0 Å². The van der Waals surface area contributed by atoms with E-state index in [1.165, 1.54) is 23.0 Å². The molecular formula is C25H28N4O2S. The minimum Gasteiger partial charge on any atom is -0.350 e. The summed E-state index contributed by atoms with van der Waals surface area (Å²) in [6.07, 6.45) is 5.06. The highest BCUT2D eigenvalue weighted by Gasteiger charge is 2.23. The van der Waals surface area contributed by atoms with Gasteiger partial charge in [0.15, 0.2) is 4.77 Å². The first-order valence-corrected chi connectivity index (χ1v) is 11.4. The predicted octanol–water partition coefficient (Wildman–Crippen LogP) is 4.03. The quantitative estimate of drug-likeness (QED) is 0.423. The smallest absolute Gasteiger partial charge is 0.262 e. The van der Waals surface area contributed by atoms with E-state index < -0.39 is 0 Å². The maximum absolute atomic E-state index is 12.9. The number of hydrogen-bond donors (Lipinski definition) is 2. The molecule has 7 heteroatoms. The molecule has 166 valence electrons. The van der Waals surface area contributed by atoms with Gasteiger partial charge in [0.25, 0.3) is 11.5 Å². The van der Waals surface area contributed by atoms with Gasteiger partial charge in [-0.25, -0.2) is 0 Å². The van der Waals surface area contributed by atoms with Crippen LogP contribution >= 0.6 is 12.2 Å². The molecule has 1 unspecified atom stereocenters. The van der Waals surface area contributed by atoms with Gasteiger partial charge < -0.3 is 10.3 Å². The van der Waals surface area contributed by atoms with E-state index in [-0.39, 0.29) is 11.5 Å². The number of rotatable bonds is 7. The summed E-state index contributed by atoms with van der Waals surface area (Å²) in [7, 11) is 0. The maximum atomic E-state index is 12.9. The predicted molar refractivity (Wildman–Crippen MR) is 130 cm³/mol. The summed E-state index contributed by atoms with van der Waals surface area (Å²) in [4.78, 5) is 31.0. The van der Waals surface area contributed by atoms with Gasteiger partial charge in [-0.2, -0.15) is 0 Å². The van der Waals surface area contributed by atoms with Crippen LogP contribution in [-0.2, 0) is 13.1 Å². The number of nitrogens with one attached hydrogen (secondary N) is 2. The van der Waals surface area contributed by atoms with Crippen molar-refractivity contribution in [3.63, 3.8) is 0 Å². The van der Waals surface area contributed by atoms with Crippen molar-refractivity contribution in [1.29, 1.82) is 0 Å². The first-order valence-electron chi connectivity index (χ1n) is 11.0. The lowest BCUT2D eigenvalue weighted by molar-refractivity contribution is 0.0907. The number of carbonyl (C=O) groups is 1. The molecule has 6 nitrogen and oxygen atoms in total. The van der Waals surface area contributed by atoms with E-state index in [1.807, 2.05) is 6.07 Å². The number of benzene rings is 2. The van der Waals surface area contributed by atoms with Gasteiger partial charge >= 0.3 is 0 Å². The highest BCUT2D eigenvalue weighted by molar-refractivity contribution is 7.71. The molecular weight excluding hydrogens is 420 g/mol. The lowest BCUT2D eigenvalue weighted by Gasteiger charge is -2.36. The average molecular weight is 449 g/mol. The Morgan fingerprint density at radius 2 is 2.03 bits per heavy atom. The van der Waals surface area contributed by atoms with Crippen molar-refractivity contribution in [1.82, 2.24) is 19.8 Å². The van der Waals surface area contributed by atoms with Crippen molar-refractivity contribution in [3.05, 3.63) is 87.4 Å². The normalized spacial score (nSPS) is 16.7. The lowest BCUT2D eigenvalue weighted by Crippen LogP contribution is -2.46. The standard InChI is InChI=1S/C25H28N4O2S/c1-2-13-29-24(31)21-12-11-19(15-22(21)27-25(29)32)23(30)26-16-20-10-6-7-14-28(20)17-18-8-4-3-5-9-18/h2-5,8-9,11-12,15,20H,1,6-7,10,13-14,16-17H2,(H,26,30)(H,27,32). The number of fused-ring (bicyclic) bond motifs is 1. The van der Waals surface area contributed by atoms with Gasteiger partial charge in [-0.1, -0.05) is 42.8 Å². The van der Waals surface area contributed by atoms with E-state index in [9.17, 15) is 9.59 Å². The Bertz CT molecular complexity index is 1230. The Morgan fingerprint density at radius 1 is 1.22 bits per heavy atom. The van der Waals surface area contributed by atoms with E-state index in [2.05, 4.69) is 46.0 Å². The van der Waals surface area contributed by atoms with Gasteiger partial charge in [0, 0.05) is 31.2 Å². The number of carbonyl (C=O) groups excluding carboxylic acids is 1. The third-order valence-electron chi connectivity index (χ3n) is 6.03. The molecule has 0 bridgehead atoms. The van der Waals surface area contributed by atoms with Crippen LogP contribution in [0.1, 0.15) is 35.2 Å². The number of piperidine rings is 1. The monoisotopic (exact) mass is 448 g/mol. The summed E-state index contributed by atoms with van der Waals surface area (Å²) in [6, 6.07) is 15.8. The molecule has 3 aromatic rings. The topological polar surface area (TPSA) is 70.1 Å². The van der Waals surface area contributed by atoms with Crippen LogP contribution < -0.4 is 10.9 Å². The Hall–Kier alpha value is -3.03. The number of aromatic nitrogens is 2. The molecule has 1 atom stereocenters. The number of amides is 1. The average Bonchev–Trinajstić information content (AvgIpc) is 2.81. The van der Waals surface area contributed by atoms with Crippen molar-refractivity contribution in [2.45, 2.75) is 38.4 Å². The summed E-state index contributed by atoms with van der Waals surface area (Å²) < 4.78 is 1.77. The van der Waals surface area contributed by atoms with E-state index in [0.29, 0.717) is 40.4 Å². The third kappa shape index (κ3) is 4.89. The van der Waals surface area contributed by atoms with Gasteiger partial charge in [0.2, 0.25) is 0 Å². The fourth-order valence-electron chi connectivity index (χ4n) is 4.32. The van der Waals surface area contributed by atoms with Gasteiger partial charge in [-0.15, -0.1) is 6.58 Å². The van der Waals surface area contributed by atoms with Crippen LogP contribution in [0.15, 0.2) is 66.0 Å². The second-order valence-corrected chi connectivity index (χ2v) is 8.60. The summed E-state index contributed by atoms with van der Waals surface area (Å²) in [6.45, 7) is 6.54. The Balaban J connectivity index is 1.47. The first kappa shape index (κ1) is 22.2. The summed E-state index contributed by atoms with van der Waals surface area (Å²) in [5.74, 6) is -0.147. The number of H-pyrrole nitrogens is 1. The van der Waals surface area contributed by atoms with Gasteiger partial charge in [-0.05, 0) is 55.4 Å². The lowest BCUT2D eigenvalue weighted by atomic mass is 10.0. The highest BCUT2D eigenvalue weighted by atomic mass is 32.1. The van der Waals surface area contributed by atoms with E-state index in [4.69, 9.17) is 12.2 Å². The van der Waals surface area contributed by atoms with Crippen LogP contribution in [0, 0.1) is 4.77 Å². The van der Waals surface area contributed by atoms with Crippen molar-refractivity contribution in [3.8, 4) is 0 Å². The fraction of sp³-hybridized carbons (Fsp3) is 0.320. The van der Waals surface area contributed by atoms with Crippen LogP contribution in [-0.4, -0.2) is 39.5 Å². The second-order valence-electron chi connectivity index (χ2n) is 8.21. The van der Waals surface area contributed by atoms with Crippen LogP contribution in [0.4, 0.5) is 0 Å². The number of aromatic amines is 1. The minimum atomic E-state index is -0.186. The number of likely N-dealkylation sites (tertiary alicyclic amines) is 1. The van der Waals surface area contributed by atoms with Crippen molar-refractivity contribution in [2.24, 2.45) is 0 Å². The Kier molecular flexibility index (Phi) is 6.97. The third-order valence-corrected chi connectivity index (χ3v) is 6.35. The first-order chi connectivity index (χ1) is 15.6. The zero-order chi connectivity index (χ0) is 22.5. The molecule has 2 aromatic carbocycles. The van der Waals surface area contributed by atoms with Crippen LogP contribution in [0.5, 0.6) is 0 Å². The number of nitrogens with zero attached hydrogens (tertiary/aromatic N) is 2. The van der Waals surface area contributed by atoms with E-state index in [1.54, 1.807) is 24.3 Å². The molecule has 1 amide bonds. The Morgan fingerprint density at radius 3 is 2.81 bits per heavy atom. The molecule has 2 heterocycles. The molecule has 1 aliphatic heterocycles. The maximum Gasteiger partial charge on any atom is 0.262 e. The zero-order valence-electron chi connectivity index (χ0n) is 18.0. The summed E-state index contributed by atoms with van der Waals surface area (Å²) >= 11 is 5.30. The van der Waals surface area contributed by atoms with E-state index >= 15 is 0 Å². The van der Waals surface area contributed by atoms with Crippen LogP contribution in [0.25, 0.3) is 10.9 Å². The molecule has 4 rings (SSSR count). The van der Waals surface area contributed by atoms with Gasteiger partial charge in [0.1, 0.15) is 0 Å². The molecule has 2 N–H and O–H groups in total. The Labute approximate surface area is 192 Å². The van der Waals surface area contributed by atoms with Gasteiger partial charge in [0.05, 0.1) is 10.9 Å². The molecule has 0 spiro atoms. The molecule has 32 heavy (non-hydrogen) atoms. The number of allylic oxidation sites excluding steroid dienone is 1. The molecule has 0 saturated carbocycles. The summed E-state index contributed by atoms with van der Waals surface area (Å²) in [5.41, 5.74) is 2.18. The fourth-order valence-corrected chi connectivity index (χ4v) is 4.59. The molecule has 0 radical (unpaired) electrons. The number of hydrogen-bond acceptors (Lipinski definition) is 4. The second kappa shape index (κ2) is 10.1. The SMILES string of the molecule is C=CCn1c(=S)[nH]c2cc(C(=O)NCC3CCCCN3Cc3ccccc3)ccc2c1=O. The highest BCUT2D eigenvalue weighted by Crippen LogP contribution is 2.19. The zero-order valence-corrected chi connectivity index (χ0v) is 18.9. The largest absolute Gasteiger partial charge is 0.350 e. The molecule has 1 saturated heterocycles. The van der Waals surface area contributed by atoms with Crippen molar-refractivity contribution >= 4 is 29.0 Å². The van der Waals surface area contributed by atoms with Crippen LogP contribution in [0.3, 0.4) is 0 Å². The van der Waals surface area contributed by atoms with Crippen molar-refractivity contribution in [2.75, 3.05) is 13.1 Å². The minimum absolute atomic E-state index is 0.147. The van der Waals surface area contributed by atoms with E-state index in [0.717, 1.165) is 19.5 Å². The molecule has 0 aliphatic carbocycles. The molecule has 1 aromatic heterocycles.